The molecule has 0 unspecified atom stereocenters. The molecule has 7 heteroatoms. The molecular weight excluding hydrogens is 388 g/mol. The summed E-state index contributed by atoms with van der Waals surface area (Å²) in [6, 6.07) is 10.5. The third-order valence-corrected chi connectivity index (χ3v) is 4.13. The first-order valence-corrected chi connectivity index (χ1v) is 8.73. The molecule has 2 aromatic rings. The third-order valence-electron chi connectivity index (χ3n) is 3.60. The standard InChI is InChI=1S/C18H17BrN2O4/c19-14-4-6-15(7-5-14)25-16-8-3-13(9-20-16)18(23)21-10-17(22)24-11-12-1-2-12/h3-9,12H,1-2,10-11H2,(H,21,23). The fraction of sp³-hybridized carbons (Fsp3) is 0.278. The van der Waals surface area contributed by atoms with Crippen LogP contribution in [-0.4, -0.2) is 30.0 Å². The summed E-state index contributed by atoms with van der Waals surface area (Å²) in [5, 5.41) is 2.52. The van der Waals surface area contributed by atoms with Crippen molar-refractivity contribution in [2.45, 2.75) is 12.8 Å². The topological polar surface area (TPSA) is 77.5 Å². The lowest BCUT2D eigenvalue weighted by molar-refractivity contribution is -0.142. The fourth-order valence-electron chi connectivity index (χ4n) is 2.00. The van der Waals surface area contributed by atoms with Gasteiger partial charge in [0.25, 0.3) is 5.91 Å². The zero-order valence-corrected chi connectivity index (χ0v) is 15.0. The predicted octanol–water partition coefficient (Wildman–Crippen LogP) is 3.32. The van der Waals surface area contributed by atoms with Crippen molar-refractivity contribution >= 4 is 27.8 Å². The van der Waals surface area contributed by atoms with Crippen LogP contribution < -0.4 is 10.1 Å². The average molecular weight is 405 g/mol. The Kier molecular flexibility index (Phi) is 5.65. The average Bonchev–Trinajstić information content (AvgIpc) is 3.45. The second-order valence-corrected chi connectivity index (χ2v) is 6.67. The van der Waals surface area contributed by atoms with Crippen molar-refractivity contribution in [2.24, 2.45) is 5.92 Å². The molecule has 1 aromatic carbocycles. The van der Waals surface area contributed by atoms with Gasteiger partial charge < -0.3 is 14.8 Å². The number of ether oxygens (including phenoxy) is 2. The number of amides is 1. The van der Waals surface area contributed by atoms with Crippen LogP contribution in [0.3, 0.4) is 0 Å². The normalized spacial score (nSPS) is 13.2. The van der Waals surface area contributed by atoms with E-state index < -0.39 is 5.97 Å². The van der Waals surface area contributed by atoms with Crippen LogP contribution in [0.1, 0.15) is 23.2 Å². The van der Waals surface area contributed by atoms with E-state index in [4.69, 9.17) is 9.47 Å². The summed E-state index contributed by atoms with van der Waals surface area (Å²) >= 11 is 3.35. The largest absolute Gasteiger partial charge is 0.464 e. The van der Waals surface area contributed by atoms with E-state index in [0.29, 0.717) is 29.7 Å². The smallest absolute Gasteiger partial charge is 0.325 e. The van der Waals surface area contributed by atoms with Crippen LogP contribution >= 0.6 is 15.9 Å². The molecule has 1 aliphatic rings. The molecule has 3 rings (SSSR count). The second-order valence-electron chi connectivity index (χ2n) is 5.75. The van der Waals surface area contributed by atoms with Crippen LogP contribution in [0, 0.1) is 5.92 Å². The molecule has 1 saturated carbocycles. The molecule has 6 nitrogen and oxygen atoms in total. The van der Waals surface area contributed by atoms with Gasteiger partial charge in [0.1, 0.15) is 12.3 Å². The van der Waals surface area contributed by atoms with Gasteiger partial charge in [0, 0.05) is 16.7 Å². The van der Waals surface area contributed by atoms with Crippen LogP contribution in [0.4, 0.5) is 0 Å². The van der Waals surface area contributed by atoms with Crippen molar-refractivity contribution in [3.63, 3.8) is 0 Å². The van der Waals surface area contributed by atoms with Gasteiger partial charge in [-0.15, -0.1) is 0 Å². The summed E-state index contributed by atoms with van der Waals surface area (Å²) in [7, 11) is 0. The van der Waals surface area contributed by atoms with Crippen LogP contribution in [-0.2, 0) is 9.53 Å². The Labute approximate surface area is 153 Å². The molecule has 0 bridgehead atoms. The molecule has 0 saturated heterocycles. The van der Waals surface area contributed by atoms with Gasteiger partial charge in [-0.3, -0.25) is 9.59 Å². The first-order valence-electron chi connectivity index (χ1n) is 7.93. The second kappa shape index (κ2) is 8.11. The minimum Gasteiger partial charge on any atom is -0.464 e. The van der Waals surface area contributed by atoms with Crippen LogP contribution in [0.25, 0.3) is 0 Å². The molecule has 1 heterocycles. The lowest BCUT2D eigenvalue weighted by atomic mass is 10.2. The van der Waals surface area contributed by atoms with E-state index >= 15 is 0 Å². The molecule has 0 aliphatic heterocycles. The highest BCUT2D eigenvalue weighted by molar-refractivity contribution is 9.10. The molecule has 0 atom stereocenters. The van der Waals surface area contributed by atoms with Crippen LogP contribution in [0.15, 0.2) is 47.1 Å². The van der Waals surface area contributed by atoms with Crippen molar-refractivity contribution < 1.29 is 19.1 Å². The van der Waals surface area contributed by atoms with Gasteiger partial charge in [-0.05, 0) is 49.1 Å². The number of rotatable bonds is 7. The highest BCUT2D eigenvalue weighted by Gasteiger charge is 2.23. The number of benzene rings is 1. The first-order chi connectivity index (χ1) is 12.1. The molecule has 25 heavy (non-hydrogen) atoms. The van der Waals surface area contributed by atoms with Gasteiger partial charge in [-0.2, -0.15) is 0 Å². The Morgan fingerprint density at radius 3 is 2.56 bits per heavy atom. The Morgan fingerprint density at radius 1 is 1.16 bits per heavy atom. The Bertz CT molecular complexity index is 743. The van der Waals surface area contributed by atoms with E-state index in [0.717, 1.165) is 17.3 Å². The minimum atomic E-state index is -0.427. The fourth-order valence-corrected chi connectivity index (χ4v) is 2.26. The number of aromatic nitrogens is 1. The molecular formula is C18H17BrN2O4. The summed E-state index contributed by atoms with van der Waals surface area (Å²) in [6.45, 7) is 0.293. The maximum absolute atomic E-state index is 12.0. The van der Waals surface area contributed by atoms with E-state index in [1.54, 1.807) is 24.3 Å². The number of carbonyl (C=O) groups is 2. The van der Waals surface area contributed by atoms with Gasteiger partial charge in [-0.1, -0.05) is 15.9 Å². The summed E-state index contributed by atoms with van der Waals surface area (Å²) in [5.74, 6) is 0.714. The van der Waals surface area contributed by atoms with Crippen LogP contribution in [0.2, 0.25) is 0 Å². The molecule has 1 fully saturated rings. The van der Waals surface area contributed by atoms with Gasteiger partial charge in [0.2, 0.25) is 5.88 Å². The Balaban J connectivity index is 1.47. The summed E-state index contributed by atoms with van der Waals surface area (Å²) in [4.78, 5) is 27.6. The van der Waals surface area contributed by atoms with Crippen molar-refractivity contribution in [2.75, 3.05) is 13.2 Å². The monoisotopic (exact) mass is 404 g/mol. The molecule has 0 radical (unpaired) electrons. The van der Waals surface area contributed by atoms with Crippen LogP contribution in [0.5, 0.6) is 11.6 Å². The first kappa shape index (κ1) is 17.4. The van der Waals surface area contributed by atoms with Gasteiger partial charge in [-0.25, -0.2) is 4.98 Å². The van der Waals surface area contributed by atoms with Crippen molar-refractivity contribution in [3.05, 3.63) is 52.6 Å². The molecule has 1 amide bonds. The van der Waals surface area contributed by atoms with E-state index in [9.17, 15) is 9.59 Å². The Morgan fingerprint density at radius 2 is 1.92 bits per heavy atom. The summed E-state index contributed by atoms with van der Waals surface area (Å²) < 4.78 is 11.6. The minimum absolute atomic E-state index is 0.150. The van der Waals surface area contributed by atoms with Gasteiger partial charge in [0.15, 0.2) is 0 Å². The predicted molar refractivity (Wildman–Crippen MR) is 94.5 cm³/mol. The van der Waals surface area contributed by atoms with E-state index in [-0.39, 0.29) is 12.5 Å². The maximum Gasteiger partial charge on any atom is 0.325 e. The van der Waals surface area contributed by atoms with Crippen molar-refractivity contribution in [1.82, 2.24) is 10.3 Å². The van der Waals surface area contributed by atoms with Gasteiger partial charge in [0.05, 0.1) is 12.2 Å². The highest BCUT2D eigenvalue weighted by atomic mass is 79.9. The lowest BCUT2D eigenvalue weighted by Gasteiger charge is -2.07. The lowest BCUT2D eigenvalue weighted by Crippen LogP contribution is -2.31. The molecule has 0 spiro atoms. The highest BCUT2D eigenvalue weighted by Crippen LogP contribution is 2.28. The van der Waals surface area contributed by atoms with Crippen molar-refractivity contribution in [3.8, 4) is 11.6 Å². The molecule has 1 N–H and O–H groups in total. The Hall–Kier alpha value is -2.41. The van der Waals surface area contributed by atoms with Crippen molar-refractivity contribution in [1.29, 1.82) is 0 Å². The summed E-state index contributed by atoms with van der Waals surface area (Å²) in [6.07, 6.45) is 3.62. The number of carbonyl (C=O) groups excluding carboxylic acids is 2. The quantitative estimate of drug-likeness (QED) is 0.716. The zero-order valence-electron chi connectivity index (χ0n) is 13.4. The number of esters is 1. The number of hydrogen-bond donors (Lipinski definition) is 1. The number of nitrogens with zero attached hydrogens (tertiary/aromatic N) is 1. The molecule has 1 aromatic heterocycles. The van der Waals surface area contributed by atoms with E-state index in [1.165, 1.54) is 6.20 Å². The zero-order chi connectivity index (χ0) is 17.6. The number of pyridine rings is 1. The van der Waals surface area contributed by atoms with E-state index in [1.807, 2.05) is 12.1 Å². The third kappa shape index (κ3) is 5.56. The SMILES string of the molecule is O=C(CNC(=O)c1ccc(Oc2ccc(Br)cc2)nc1)OCC1CC1. The van der Waals surface area contributed by atoms with Gasteiger partial charge >= 0.3 is 5.97 Å². The maximum atomic E-state index is 12.0. The molecule has 130 valence electrons. The van der Waals surface area contributed by atoms with E-state index in [2.05, 4.69) is 26.2 Å². The molecule has 1 aliphatic carbocycles. The number of halogens is 1. The number of hydrogen-bond acceptors (Lipinski definition) is 5. The number of nitrogens with one attached hydrogen (secondary N) is 1. The summed E-state index contributed by atoms with van der Waals surface area (Å²) in [5.41, 5.74) is 0.346.